The highest BCUT2D eigenvalue weighted by Gasteiger charge is 2.04. The first-order valence-corrected chi connectivity index (χ1v) is 5.78. The van der Waals surface area contributed by atoms with Gasteiger partial charge in [0.2, 0.25) is 0 Å². The lowest BCUT2D eigenvalue weighted by Gasteiger charge is -2.10. The van der Waals surface area contributed by atoms with Crippen molar-refractivity contribution in [2.45, 2.75) is 26.5 Å². The molecular weight excluding hydrogens is 228 g/mol. The van der Waals surface area contributed by atoms with Crippen molar-refractivity contribution in [1.29, 1.82) is 5.26 Å². The number of hydrogen-bond donors (Lipinski definition) is 0. The molecule has 4 nitrogen and oxygen atoms in total. The Hall–Kier alpha value is -2.28. The number of hydrogen-bond acceptors (Lipinski definition) is 3. The maximum Gasteiger partial charge on any atom is 0.259 e. The lowest BCUT2D eigenvalue weighted by atomic mass is 10.1. The van der Waals surface area contributed by atoms with Gasteiger partial charge >= 0.3 is 0 Å². The van der Waals surface area contributed by atoms with E-state index in [4.69, 9.17) is 10.00 Å². The van der Waals surface area contributed by atoms with Crippen LogP contribution in [0.2, 0.25) is 0 Å². The Balaban J connectivity index is 2.51. The third-order valence-corrected chi connectivity index (χ3v) is 2.56. The maximum atomic E-state index is 12.0. The van der Waals surface area contributed by atoms with E-state index in [9.17, 15) is 4.79 Å². The summed E-state index contributed by atoms with van der Waals surface area (Å²) in [6.45, 7) is 3.98. The van der Waals surface area contributed by atoms with Crippen LogP contribution in [0.1, 0.15) is 13.8 Å². The molecule has 0 saturated heterocycles. The maximum absolute atomic E-state index is 12.0. The predicted octanol–water partition coefficient (Wildman–Crippen LogP) is 2.31. The minimum Gasteiger partial charge on any atom is -0.491 e. The van der Waals surface area contributed by atoms with Crippen molar-refractivity contribution in [3.8, 4) is 11.8 Å². The zero-order valence-corrected chi connectivity index (χ0v) is 10.4. The summed E-state index contributed by atoms with van der Waals surface area (Å²) in [6.07, 6.45) is 1.73. The molecule has 0 aliphatic rings. The smallest absolute Gasteiger partial charge is 0.259 e. The number of rotatable bonds is 3. The first-order chi connectivity index (χ1) is 8.61. The molecule has 1 aromatic carbocycles. The fourth-order valence-corrected chi connectivity index (χ4v) is 1.81. The summed E-state index contributed by atoms with van der Waals surface area (Å²) in [6, 6.07) is 9.14. The predicted molar refractivity (Wildman–Crippen MR) is 69.6 cm³/mol. The van der Waals surface area contributed by atoms with E-state index in [0.29, 0.717) is 5.39 Å². The Morgan fingerprint density at radius 1 is 1.39 bits per heavy atom. The van der Waals surface area contributed by atoms with Gasteiger partial charge in [0, 0.05) is 11.6 Å². The average molecular weight is 242 g/mol. The van der Waals surface area contributed by atoms with Gasteiger partial charge in [-0.3, -0.25) is 4.79 Å². The molecule has 0 fully saturated rings. The fraction of sp³-hybridized carbons (Fsp3) is 0.286. The average Bonchev–Trinajstić information content (AvgIpc) is 2.32. The van der Waals surface area contributed by atoms with Gasteiger partial charge in [0.15, 0.2) is 0 Å². The fourth-order valence-electron chi connectivity index (χ4n) is 1.81. The van der Waals surface area contributed by atoms with Crippen molar-refractivity contribution in [3.05, 3.63) is 40.8 Å². The van der Waals surface area contributed by atoms with Crippen molar-refractivity contribution in [2.75, 3.05) is 0 Å². The molecule has 0 saturated carbocycles. The van der Waals surface area contributed by atoms with Gasteiger partial charge in [0.1, 0.15) is 12.3 Å². The summed E-state index contributed by atoms with van der Waals surface area (Å²) in [5, 5.41) is 10.1. The van der Waals surface area contributed by atoms with Gasteiger partial charge in [-0.2, -0.15) is 5.26 Å². The van der Waals surface area contributed by atoms with Gasteiger partial charge < -0.3 is 9.30 Å². The number of nitrogens with zero attached hydrogens (tertiary/aromatic N) is 2. The van der Waals surface area contributed by atoms with E-state index in [0.717, 1.165) is 11.1 Å². The standard InChI is InChI=1S/C14H14N2O2/c1-10(2)18-12-3-4-13-11(9-12)5-7-16(8-6-15)14(13)17/h3-5,7,9-10H,8H2,1-2H3. The highest BCUT2D eigenvalue weighted by molar-refractivity contribution is 5.82. The molecule has 1 aromatic heterocycles. The van der Waals surface area contributed by atoms with Crippen LogP contribution < -0.4 is 10.3 Å². The summed E-state index contributed by atoms with van der Waals surface area (Å²) in [4.78, 5) is 12.0. The molecule has 92 valence electrons. The van der Waals surface area contributed by atoms with E-state index in [1.165, 1.54) is 4.57 Å². The van der Waals surface area contributed by atoms with E-state index >= 15 is 0 Å². The van der Waals surface area contributed by atoms with Gasteiger partial charge in [-0.25, -0.2) is 0 Å². The largest absolute Gasteiger partial charge is 0.491 e. The van der Waals surface area contributed by atoms with Crippen LogP contribution in [0.15, 0.2) is 35.3 Å². The highest BCUT2D eigenvalue weighted by atomic mass is 16.5. The van der Waals surface area contributed by atoms with Gasteiger partial charge in [0.05, 0.1) is 12.2 Å². The molecule has 0 radical (unpaired) electrons. The third-order valence-electron chi connectivity index (χ3n) is 2.56. The molecule has 0 spiro atoms. The van der Waals surface area contributed by atoms with Gasteiger partial charge in [-0.05, 0) is 43.5 Å². The molecule has 0 aliphatic carbocycles. The van der Waals surface area contributed by atoms with E-state index in [2.05, 4.69) is 0 Å². The van der Waals surface area contributed by atoms with E-state index in [-0.39, 0.29) is 18.2 Å². The summed E-state index contributed by atoms with van der Waals surface area (Å²) in [7, 11) is 0. The Morgan fingerprint density at radius 3 is 2.83 bits per heavy atom. The third kappa shape index (κ3) is 2.35. The van der Waals surface area contributed by atoms with Crippen LogP contribution in [0.25, 0.3) is 10.8 Å². The van der Waals surface area contributed by atoms with Crippen LogP contribution in [0.3, 0.4) is 0 Å². The van der Waals surface area contributed by atoms with Crippen LogP contribution >= 0.6 is 0 Å². The number of aromatic nitrogens is 1. The topological polar surface area (TPSA) is 55.0 Å². The number of benzene rings is 1. The molecule has 0 bridgehead atoms. The van der Waals surface area contributed by atoms with Gasteiger partial charge in [-0.15, -0.1) is 0 Å². The van der Waals surface area contributed by atoms with Crippen molar-refractivity contribution in [2.24, 2.45) is 0 Å². The molecule has 2 aromatic rings. The summed E-state index contributed by atoms with van der Waals surface area (Å²) < 4.78 is 6.97. The van der Waals surface area contributed by atoms with E-state index < -0.39 is 0 Å². The number of ether oxygens (including phenoxy) is 1. The highest BCUT2D eigenvalue weighted by Crippen LogP contribution is 2.19. The van der Waals surface area contributed by atoms with Crippen LogP contribution in [0, 0.1) is 11.3 Å². The zero-order valence-electron chi connectivity index (χ0n) is 10.4. The van der Waals surface area contributed by atoms with Crippen LogP contribution in [0.4, 0.5) is 0 Å². The molecule has 0 unspecified atom stereocenters. The molecule has 0 atom stereocenters. The second-order valence-electron chi connectivity index (χ2n) is 4.32. The molecule has 0 amide bonds. The Bertz CT molecular complexity index is 666. The second kappa shape index (κ2) is 4.92. The summed E-state index contributed by atoms with van der Waals surface area (Å²) in [5.41, 5.74) is -0.148. The summed E-state index contributed by atoms with van der Waals surface area (Å²) >= 11 is 0. The number of nitriles is 1. The Kier molecular flexibility index (Phi) is 3.33. The molecule has 18 heavy (non-hydrogen) atoms. The molecular formula is C14H14N2O2. The monoisotopic (exact) mass is 242 g/mol. The minimum atomic E-state index is -0.148. The normalized spacial score (nSPS) is 10.6. The zero-order chi connectivity index (χ0) is 13.1. The quantitative estimate of drug-likeness (QED) is 0.829. The molecule has 0 aliphatic heterocycles. The lowest BCUT2D eigenvalue weighted by Crippen LogP contribution is -2.18. The first-order valence-electron chi connectivity index (χ1n) is 5.78. The van der Waals surface area contributed by atoms with Crippen molar-refractivity contribution < 1.29 is 4.74 Å². The Morgan fingerprint density at radius 2 is 2.17 bits per heavy atom. The first kappa shape index (κ1) is 12.2. The van der Waals surface area contributed by atoms with Gasteiger partial charge in [-0.1, -0.05) is 0 Å². The molecule has 0 N–H and O–H groups in total. The SMILES string of the molecule is CC(C)Oc1ccc2c(=O)n(CC#N)ccc2c1. The Labute approximate surface area is 105 Å². The van der Waals surface area contributed by atoms with E-state index in [1.807, 2.05) is 32.0 Å². The van der Waals surface area contributed by atoms with Crippen molar-refractivity contribution >= 4 is 10.8 Å². The minimum absolute atomic E-state index is 0.0685. The lowest BCUT2D eigenvalue weighted by molar-refractivity contribution is 0.243. The number of fused-ring (bicyclic) bond motifs is 1. The van der Waals surface area contributed by atoms with Crippen LogP contribution in [-0.2, 0) is 6.54 Å². The van der Waals surface area contributed by atoms with Crippen molar-refractivity contribution in [3.63, 3.8) is 0 Å². The molecule has 2 rings (SSSR count). The van der Waals surface area contributed by atoms with E-state index in [1.54, 1.807) is 18.3 Å². The second-order valence-corrected chi connectivity index (χ2v) is 4.32. The van der Waals surface area contributed by atoms with Gasteiger partial charge in [0.25, 0.3) is 5.56 Å². The van der Waals surface area contributed by atoms with Crippen molar-refractivity contribution in [1.82, 2.24) is 4.57 Å². The van der Waals surface area contributed by atoms with Crippen LogP contribution in [0.5, 0.6) is 5.75 Å². The van der Waals surface area contributed by atoms with Crippen LogP contribution in [-0.4, -0.2) is 10.7 Å². The molecule has 1 heterocycles. The number of pyridine rings is 1. The molecule has 4 heteroatoms. The summed E-state index contributed by atoms with van der Waals surface area (Å²) in [5.74, 6) is 0.745.